The molecule has 0 aromatic heterocycles. The van der Waals surface area contributed by atoms with E-state index in [1.54, 1.807) is 0 Å². The van der Waals surface area contributed by atoms with Crippen LogP contribution in [0.3, 0.4) is 0 Å². The average Bonchev–Trinajstić information content (AvgIpc) is 3.45. The highest BCUT2D eigenvalue weighted by Gasteiger charge is 2.48. The summed E-state index contributed by atoms with van der Waals surface area (Å²) >= 11 is -1.74. The number of nitrogens with zero attached hydrogens (tertiary/aromatic N) is 2. The van der Waals surface area contributed by atoms with E-state index < -0.39 is 64.2 Å². The minimum atomic E-state index is -1.74. The van der Waals surface area contributed by atoms with E-state index in [4.69, 9.17) is 0 Å². The maximum Gasteiger partial charge on any atom is 0.315 e. The van der Waals surface area contributed by atoms with Gasteiger partial charge in [-0.25, -0.2) is 4.79 Å². The highest BCUT2D eigenvalue weighted by Crippen LogP contribution is 2.33. The van der Waals surface area contributed by atoms with Crippen molar-refractivity contribution in [3.63, 3.8) is 0 Å². The molecule has 2 aliphatic rings. The van der Waals surface area contributed by atoms with Crippen molar-refractivity contribution >= 4 is 40.7 Å². The van der Waals surface area contributed by atoms with Crippen LogP contribution in [0.2, 0.25) is 0 Å². The summed E-state index contributed by atoms with van der Waals surface area (Å²) in [5.41, 5.74) is -1.09. The largest absolute Gasteiger partial charge is 0.346 e. The van der Waals surface area contributed by atoms with E-state index in [9.17, 15) is 28.2 Å². The predicted molar refractivity (Wildman–Crippen MR) is 190 cm³/mol. The van der Waals surface area contributed by atoms with Crippen LogP contribution in [0.4, 0.5) is 4.79 Å². The fourth-order valence-corrected chi connectivity index (χ4v) is 7.31. The maximum atomic E-state index is 14.4. The molecule has 5 N–H and O–H groups in total. The van der Waals surface area contributed by atoms with E-state index in [2.05, 4.69) is 32.6 Å². The van der Waals surface area contributed by atoms with Crippen molar-refractivity contribution < 1.29 is 28.2 Å². The molecule has 2 saturated heterocycles. The molecule has 13 nitrogen and oxygen atoms in total. The first-order valence-electron chi connectivity index (χ1n) is 17.4. The van der Waals surface area contributed by atoms with Gasteiger partial charge < -0.3 is 26.2 Å². The van der Waals surface area contributed by atoms with Gasteiger partial charge in [0.15, 0.2) is 0 Å². The van der Waals surface area contributed by atoms with Crippen molar-refractivity contribution in [3.05, 3.63) is 12.7 Å². The first kappa shape index (κ1) is 41.3. The van der Waals surface area contributed by atoms with E-state index in [0.29, 0.717) is 45.4 Å². The molecule has 48 heavy (non-hydrogen) atoms. The Hall–Kier alpha value is -2.84. The van der Waals surface area contributed by atoms with Crippen LogP contribution in [0.25, 0.3) is 0 Å². The number of amides is 5. The Morgan fingerprint density at radius 2 is 1.67 bits per heavy atom. The summed E-state index contributed by atoms with van der Waals surface area (Å²) in [5.74, 6) is -2.55. The second kappa shape index (κ2) is 18.2. The maximum absolute atomic E-state index is 14.4. The Balaban J connectivity index is 2.32. The molecule has 0 bridgehead atoms. The molecule has 5 amide bonds. The molecule has 2 aliphatic heterocycles. The predicted octanol–water partition coefficient (Wildman–Crippen LogP) is 2.36. The molecule has 0 radical (unpaired) electrons. The minimum Gasteiger partial charge on any atom is -0.346 e. The number of rotatable bonds is 15. The second-order valence-corrected chi connectivity index (χ2v) is 16.9. The van der Waals surface area contributed by atoms with Gasteiger partial charge in [-0.15, -0.1) is 15.6 Å². The molecule has 274 valence electrons. The van der Waals surface area contributed by atoms with Crippen LogP contribution >= 0.6 is 0 Å². The zero-order valence-corrected chi connectivity index (χ0v) is 31.5. The molecule has 2 rings (SSSR count). The summed E-state index contributed by atoms with van der Waals surface area (Å²) in [5, 5.41) is 11.3. The van der Waals surface area contributed by atoms with E-state index in [1.807, 2.05) is 66.6 Å². The molecule has 0 aromatic carbocycles. The highest BCUT2D eigenvalue weighted by molar-refractivity contribution is 7.80. The number of likely N-dealkylation sites (tertiary alicyclic amines) is 1. The Kier molecular flexibility index (Phi) is 15.7. The monoisotopic (exact) mass is 696 g/mol. The van der Waals surface area contributed by atoms with Crippen molar-refractivity contribution in [2.75, 3.05) is 32.7 Å². The number of urea groups is 1. The molecule has 0 spiro atoms. The lowest BCUT2D eigenvalue weighted by molar-refractivity contribution is -0.144. The number of carbonyl (C=O) groups excluding carboxylic acids is 5. The second-order valence-electron chi connectivity index (χ2n) is 15.5. The summed E-state index contributed by atoms with van der Waals surface area (Å²) in [4.78, 5) is 69.1. The third-order valence-electron chi connectivity index (χ3n) is 9.19. The van der Waals surface area contributed by atoms with Gasteiger partial charge in [0, 0.05) is 26.2 Å². The van der Waals surface area contributed by atoms with Gasteiger partial charge in [-0.3, -0.25) is 19.2 Å². The summed E-state index contributed by atoms with van der Waals surface area (Å²) in [7, 11) is 0. The minimum absolute atomic E-state index is 0.0481. The van der Waals surface area contributed by atoms with E-state index in [-0.39, 0.29) is 29.8 Å². The van der Waals surface area contributed by atoms with Gasteiger partial charge in [0.2, 0.25) is 28.8 Å². The summed E-state index contributed by atoms with van der Waals surface area (Å²) in [6, 6.07) is -3.79. The van der Waals surface area contributed by atoms with Crippen LogP contribution in [-0.2, 0) is 34.6 Å². The Labute approximate surface area is 290 Å². The normalized spacial score (nSPS) is 22.4. The number of Topliss-reactive ketones (excluding diaryl/α,β-unsaturated/α-hetero) is 1. The Morgan fingerprint density at radius 3 is 2.21 bits per heavy atom. The van der Waals surface area contributed by atoms with E-state index in [0.717, 1.165) is 12.8 Å². The summed E-state index contributed by atoms with van der Waals surface area (Å²) < 4.78 is 17.4. The molecule has 0 aromatic rings. The van der Waals surface area contributed by atoms with Gasteiger partial charge in [-0.05, 0) is 41.9 Å². The summed E-state index contributed by atoms with van der Waals surface area (Å²) in [6.45, 7) is 23.2. The van der Waals surface area contributed by atoms with Gasteiger partial charge in [0.25, 0.3) is 5.91 Å². The Morgan fingerprint density at radius 1 is 1.00 bits per heavy atom. The average molecular weight is 697 g/mol. The van der Waals surface area contributed by atoms with Crippen molar-refractivity contribution in [3.8, 4) is 0 Å². The lowest BCUT2D eigenvalue weighted by Crippen LogP contribution is -2.62. The standard InChI is InChI=1S/C34H61N7O6S/c1-11-13-15-24(27(42)30(44)35-17-12-2)37-29(43)26-23(22(3)4)16-20-41(26)31(45)28(34(8,9)10)39-32(46)38-25(33(5,6)7)21-40-19-14-18-36-48(40)47/h12,22-26,28H,2,11,13-21H2,1,3-10H3,(H,35,44)(H,36,47)(H,37,43)(H2,38,39,46)/p+1/t23-,24?,25-,26+,28-,48?/m1/s1. The number of nitrogens with one attached hydrogen (secondary N) is 5. The fourth-order valence-electron chi connectivity index (χ4n) is 6.13. The molecule has 6 atom stereocenters. The lowest BCUT2D eigenvalue weighted by atomic mass is 9.84. The van der Waals surface area contributed by atoms with Crippen molar-refractivity contribution in [1.82, 2.24) is 35.2 Å². The molecule has 0 saturated carbocycles. The van der Waals surface area contributed by atoms with Gasteiger partial charge in [0.05, 0.1) is 18.6 Å². The number of carbonyl (C=O) groups is 5. The third kappa shape index (κ3) is 11.6. The van der Waals surface area contributed by atoms with Gasteiger partial charge in [-0.2, -0.15) is 0 Å². The Bertz CT molecular complexity index is 1180. The van der Waals surface area contributed by atoms with Gasteiger partial charge in [-0.1, -0.05) is 85.4 Å². The third-order valence-corrected chi connectivity index (χ3v) is 10.6. The number of thiol groups is 1. The van der Waals surface area contributed by atoms with Crippen molar-refractivity contribution in [2.24, 2.45) is 22.7 Å². The van der Waals surface area contributed by atoms with Crippen LogP contribution in [0, 0.1) is 22.7 Å². The molecule has 0 aliphatic carbocycles. The number of unbranched alkanes of at least 4 members (excludes halogenated alkanes) is 1. The number of hydrogen-bond acceptors (Lipinski definition) is 6. The topological polar surface area (TPSA) is 169 Å². The van der Waals surface area contributed by atoms with Crippen LogP contribution in [-0.4, -0.2) is 95.6 Å². The lowest BCUT2D eigenvalue weighted by Gasteiger charge is -2.38. The van der Waals surface area contributed by atoms with Crippen LogP contribution in [0.1, 0.15) is 94.4 Å². The molecular formula is C34H62N7O6S+. The first-order chi connectivity index (χ1) is 22.3. The van der Waals surface area contributed by atoms with Crippen molar-refractivity contribution in [2.45, 2.75) is 119 Å². The zero-order valence-electron chi connectivity index (χ0n) is 30.6. The van der Waals surface area contributed by atoms with Gasteiger partial charge >= 0.3 is 6.03 Å². The molecule has 2 heterocycles. The van der Waals surface area contributed by atoms with Crippen LogP contribution < -0.4 is 26.0 Å². The first-order valence-corrected chi connectivity index (χ1v) is 18.6. The zero-order chi connectivity index (χ0) is 36.4. The quantitative estimate of drug-likeness (QED) is 0.0763. The van der Waals surface area contributed by atoms with E-state index in [1.165, 1.54) is 11.0 Å². The smallest absolute Gasteiger partial charge is 0.315 e. The fraction of sp³-hybridized carbons (Fsp3) is 0.794. The van der Waals surface area contributed by atoms with Crippen LogP contribution in [0.5, 0.6) is 0 Å². The van der Waals surface area contributed by atoms with E-state index >= 15 is 0 Å². The highest BCUT2D eigenvalue weighted by atomic mass is 32.2. The molecule has 2 fully saturated rings. The molecular weight excluding hydrogens is 634 g/mol. The molecule has 2 unspecified atom stereocenters. The SMILES string of the molecule is C=CCNC(=O)C(=O)C(CCCC)NC(=O)[C@@H]1[C@@H](C(C)C)CCN1C(=O)[C@@H](NC(=O)N[C@H](CN1CCCN[SH+]1=O)C(C)(C)C)C(C)(C)C. The van der Waals surface area contributed by atoms with Crippen LogP contribution in [0.15, 0.2) is 12.7 Å². The number of ketones is 1. The van der Waals surface area contributed by atoms with Gasteiger partial charge in [0.1, 0.15) is 12.1 Å². The molecule has 14 heteroatoms. The van der Waals surface area contributed by atoms with Crippen molar-refractivity contribution in [1.29, 1.82) is 0 Å². The summed E-state index contributed by atoms with van der Waals surface area (Å²) in [6.07, 6.45) is 4.57. The number of hydrogen-bond donors (Lipinski definition) is 5.